The molecule has 3 nitrogen and oxygen atoms in total. The van der Waals surface area contributed by atoms with Gasteiger partial charge in [-0.05, 0) is 42.5 Å². The van der Waals surface area contributed by atoms with E-state index in [0.717, 1.165) is 16.7 Å². The van der Waals surface area contributed by atoms with Crippen LogP contribution in [0.1, 0.15) is 33.1 Å². The monoisotopic (exact) mass is 321 g/mol. The smallest absolute Gasteiger partial charge is 0.196 e. The second-order valence-corrected chi connectivity index (χ2v) is 7.17. The van der Waals surface area contributed by atoms with E-state index in [1.165, 1.54) is 19.3 Å². The first-order valence-electron chi connectivity index (χ1n) is 6.82. The van der Waals surface area contributed by atoms with Gasteiger partial charge in [0.05, 0.1) is 12.1 Å². The molecule has 1 aromatic rings. The molecular weight excluding hydrogens is 302 g/mol. The number of anilines is 1. The predicted octanol–water partition coefficient (Wildman–Crippen LogP) is 3.53. The van der Waals surface area contributed by atoms with Crippen molar-refractivity contribution in [2.45, 2.75) is 38.6 Å². The standard InChI is InChI=1S/C15H20BrN3/c1-14(2)8-3-9-15(14)10-18-13(17)19(15)12-6-4-11(16)5-7-12/h4-7H,3,8-10H2,1-2H3,(H2,17,18). The predicted molar refractivity (Wildman–Crippen MR) is 83.5 cm³/mol. The Hall–Kier alpha value is -1.03. The van der Waals surface area contributed by atoms with E-state index < -0.39 is 0 Å². The molecule has 0 radical (unpaired) electrons. The van der Waals surface area contributed by atoms with Gasteiger partial charge in [-0.15, -0.1) is 0 Å². The molecule has 1 atom stereocenters. The van der Waals surface area contributed by atoms with Gasteiger partial charge < -0.3 is 10.6 Å². The Balaban J connectivity index is 2.06. The Kier molecular flexibility index (Phi) is 2.89. The van der Waals surface area contributed by atoms with Crippen molar-refractivity contribution < 1.29 is 0 Å². The van der Waals surface area contributed by atoms with Crippen LogP contribution in [0, 0.1) is 5.41 Å². The number of benzene rings is 1. The molecule has 0 bridgehead atoms. The van der Waals surface area contributed by atoms with Crippen LogP contribution in [0.2, 0.25) is 0 Å². The average molecular weight is 322 g/mol. The fourth-order valence-corrected chi connectivity index (χ4v) is 3.91. The van der Waals surface area contributed by atoms with Gasteiger partial charge in [0.15, 0.2) is 5.96 Å². The maximum atomic E-state index is 6.19. The van der Waals surface area contributed by atoms with E-state index >= 15 is 0 Å². The van der Waals surface area contributed by atoms with Crippen LogP contribution in [0.25, 0.3) is 0 Å². The average Bonchev–Trinajstić information content (AvgIpc) is 2.84. The number of guanidine groups is 1. The lowest BCUT2D eigenvalue weighted by Crippen LogP contribution is -2.57. The van der Waals surface area contributed by atoms with E-state index in [4.69, 9.17) is 5.73 Å². The highest BCUT2D eigenvalue weighted by atomic mass is 79.9. The maximum absolute atomic E-state index is 6.19. The molecule has 1 fully saturated rings. The van der Waals surface area contributed by atoms with Gasteiger partial charge >= 0.3 is 0 Å². The van der Waals surface area contributed by atoms with Crippen molar-refractivity contribution in [2.75, 3.05) is 11.4 Å². The van der Waals surface area contributed by atoms with Gasteiger partial charge in [-0.25, -0.2) is 0 Å². The van der Waals surface area contributed by atoms with Crippen molar-refractivity contribution in [1.29, 1.82) is 0 Å². The summed E-state index contributed by atoms with van der Waals surface area (Å²) in [4.78, 5) is 6.83. The summed E-state index contributed by atoms with van der Waals surface area (Å²) in [6, 6.07) is 8.37. The lowest BCUT2D eigenvalue weighted by molar-refractivity contribution is 0.227. The first kappa shape index (κ1) is 13.0. The molecule has 1 saturated carbocycles. The minimum atomic E-state index is 0.0604. The van der Waals surface area contributed by atoms with Crippen molar-refractivity contribution >= 4 is 27.6 Å². The Morgan fingerprint density at radius 1 is 1.21 bits per heavy atom. The summed E-state index contributed by atoms with van der Waals surface area (Å²) < 4.78 is 1.09. The molecule has 102 valence electrons. The van der Waals surface area contributed by atoms with Gasteiger partial charge in [0, 0.05) is 10.2 Å². The van der Waals surface area contributed by atoms with Crippen molar-refractivity contribution in [3.8, 4) is 0 Å². The summed E-state index contributed by atoms with van der Waals surface area (Å²) in [5.74, 6) is 0.664. The van der Waals surface area contributed by atoms with Gasteiger partial charge in [-0.3, -0.25) is 4.99 Å². The molecule has 1 aliphatic heterocycles. The normalized spacial score (nSPS) is 29.0. The molecule has 19 heavy (non-hydrogen) atoms. The molecule has 0 aromatic heterocycles. The topological polar surface area (TPSA) is 41.6 Å². The fourth-order valence-electron chi connectivity index (χ4n) is 3.64. The molecule has 1 aromatic carbocycles. The van der Waals surface area contributed by atoms with Gasteiger partial charge in [0.1, 0.15) is 0 Å². The van der Waals surface area contributed by atoms with Crippen LogP contribution < -0.4 is 10.6 Å². The molecule has 1 heterocycles. The molecule has 1 aliphatic carbocycles. The molecule has 0 amide bonds. The SMILES string of the molecule is CC1(C)CCCC12CN=C(N)N2c1ccc(Br)cc1. The van der Waals surface area contributed by atoms with Crippen LogP contribution in [-0.4, -0.2) is 18.0 Å². The van der Waals surface area contributed by atoms with Crippen molar-refractivity contribution in [3.05, 3.63) is 28.7 Å². The number of aliphatic imine (C=N–C) groups is 1. The van der Waals surface area contributed by atoms with E-state index in [1.54, 1.807) is 0 Å². The summed E-state index contributed by atoms with van der Waals surface area (Å²) in [5, 5.41) is 0. The van der Waals surface area contributed by atoms with Crippen LogP contribution >= 0.6 is 15.9 Å². The minimum absolute atomic E-state index is 0.0604. The van der Waals surface area contributed by atoms with Gasteiger partial charge in [-0.1, -0.05) is 36.2 Å². The van der Waals surface area contributed by atoms with Gasteiger partial charge in [0.2, 0.25) is 0 Å². The maximum Gasteiger partial charge on any atom is 0.196 e. The van der Waals surface area contributed by atoms with E-state index in [2.05, 4.69) is 63.9 Å². The molecule has 0 saturated heterocycles. The van der Waals surface area contributed by atoms with Crippen LogP contribution in [0.15, 0.2) is 33.7 Å². The zero-order chi connectivity index (χ0) is 13.7. The zero-order valence-corrected chi connectivity index (χ0v) is 13.1. The Morgan fingerprint density at radius 3 is 2.47 bits per heavy atom. The first-order valence-corrected chi connectivity index (χ1v) is 7.61. The third kappa shape index (κ3) is 1.80. The highest BCUT2D eigenvalue weighted by molar-refractivity contribution is 9.10. The van der Waals surface area contributed by atoms with Crippen molar-refractivity contribution in [3.63, 3.8) is 0 Å². The Morgan fingerprint density at radius 2 is 1.89 bits per heavy atom. The highest BCUT2D eigenvalue weighted by Crippen LogP contribution is 2.52. The Labute approximate surface area is 123 Å². The van der Waals surface area contributed by atoms with E-state index in [9.17, 15) is 0 Å². The fraction of sp³-hybridized carbons (Fsp3) is 0.533. The van der Waals surface area contributed by atoms with E-state index in [1.807, 2.05) is 0 Å². The second-order valence-electron chi connectivity index (χ2n) is 6.26. The van der Waals surface area contributed by atoms with Gasteiger partial charge in [0.25, 0.3) is 0 Å². The lowest BCUT2D eigenvalue weighted by atomic mass is 9.74. The molecule has 3 rings (SSSR count). The number of hydrogen-bond acceptors (Lipinski definition) is 3. The molecular formula is C15H20BrN3. The van der Waals surface area contributed by atoms with Crippen LogP contribution in [0.3, 0.4) is 0 Å². The largest absolute Gasteiger partial charge is 0.369 e. The van der Waals surface area contributed by atoms with E-state index in [-0.39, 0.29) is 11.0 Å². The summed E-state index contributed by atoms with van der Waals surface area (Å²) in [6.07, 6.45) is 3.66. The molecule has 4 heteroatoms. The first-order chi connectivity index (χ1) is 8.96. The number of nitrogens with zero attached hydrogens (tertiary/aromatic N) is 2. The van der Waals surface area contributed by atoms with Crippen molar-refractivity contribution in [1.82, 2.24) is 0 Å². The van der Waals surface area contributed by atoms with Crippen LogP contribution in [0.4, 0.5) is 5.69 Å². The van der Waals surface area contributed by atoms with Crippen LogP contribution in [0.5, 0.6) is 0 Å². The quantitative estimate of drug-likeness (QED) is 0.859. The highest BCUT2D eigenvalue weighted by Gasteiger charge is 2.56. The summed E-state index contributed by atoms with van der Waals surface area (Å²) in [6.45, 7) is 5.52. The third-order valence-corrected chi connectivity index (χ3v) is 5.43. The number of halogens is 1. The zero-order valence-electron chi connectivity index (χ0n) is 11.5. The third-order valence-electron chi connectivity index (χ3n) is 4.90. The van der Waals surface area contributed by atoms with E-state index in [0.29, 0.717) is 5.96 Å². The summed E-state index contributed by atoms with van der Waals surface area (Å²) >= 11 is 3.49. The van der Waals surface area contributed by atoms with Gasteiger partial charge in [-0.2, -0.15) is 0 Å². The summed E-state index contributed by atoms with van der Waals surface area (Å²) in [7, 11) is 0. The second kappa shape index (κ2) is 4.23. The minimum Gasteiger partial charge on any atom is -0.369 e. The summed E-state index contributed by atoms with van der Waals surface area (Å²) in [5.41, 5.74) is 7.64. The molecule has 1 unspecified atom stereocenters. The number of rotatable bonds is 1. The van der Waals surface area contributed by atoms with Crippen LogP contribution in [-0.2, 0) is 0 Å². The molecule has 2 N–H and O–H groups in total. The Bertz CT molecular complexity index is 521. The molecule has 2 aliphatic rings. The molecule has 1 spiro atoms. The lowest BCUT2D eigenvalue weighted by Gasteiger charge is -2.45. The number of hydrogen-bond donors (Lipinski definition) is 1. The van der Waals surface area contributed by atoms with Crippen molar-refractivity contribution in [2.24, 2.45) is 16.1 Å². The number of nitrogens with two attached hydrogens (primary N) is 1.